The lowest BCUT2D eigenvalue weighted by molar-refractivity contribution is -0.142. The van der Waals surface area contributed by atoms with Gasteiger partial charge in [-0.05, 0) is 43.0 Å². The number of ether oxygens (including phenoxy) is 3. The summed E-state index contributed by atoms with van der Waals surface area (Å²) in [5, 5.41) is 5.59. The molecular weight excluding hydrogens is 300 g/mol. The zero-order valence-electron chi connectivity index (χ0n) is 13.2. The number of amides is 2. The summed E-state index contributed by atoms with van der Waals surface area (Å²) < 4.78 is 15.1. The average Bonchev–Trinajstić information content (AvgIpc) is 2.60. The molecule has 0 aromatic heterocycles. The van der Waals surface area contributed by atoms with Gasteiger partial charge in [-0.1, -0.05) is 0 Å². The molecule has 1 heterocycles. The molecule has 1 saturated heterocycles. The number of rotatable bonds is 6. The molecule has 7 heteroatoms. The summed E-state index contributed by atoms with van der Waals surface area (Å²) in [5.41, 5.74) is 0.646. The van der Waals surface area contributed by atoms with Crippen LogP contribution in [0.2, 0.25) is 0 Å². The number of hydrogen-bond donors (Lipinski definition) is 2. The number of benzene rings is 1. The molecule has 2 N–H and O–H groups in total. The highest BCUT2D eigenvalue weighted by Crippen LogP contribution is 2.16. The molecule has 0 radical (unpaired) electrons. The highest BCUT2D eigenvalue weighted by molar-refractivity contribution is 5.89. The van der Waals surface area contributed by atoms with Crippen molar-refractivity contribution >= 4 is 17.7 Å². The lowest BCUT2D eigenvalue weighted by atomic mass is 10.0. The van der Waals surface area contributed by atoms with Gasteiger partial charge in [-0.25, -0.2) is 9.59 Å². The molecule has 0 bridgehead atoms. The first kappa shape index (κ1) is 17.1. The van der Waals surface area contributed by atoms with E-state index >= 15 is 0 Å². The first-order valence-corrected chi connectivity index (χ1v) is 7.59. The Morgan fingerprint density at radius 1 is 1.30 bits per heavy atom. The minimum Gasteiger partial charge on any atom is -0.482 e. The second-order valence-corrected chi connectivity index (χ2v) is 5.31. The summed E-state index contributed by atoms with van der Waals surface area (Å²) in [5.74, 6) is 0.461. The highest BCUT2D eigenvalue weighted by atomic mass is 16.6. The average molecular weight is 322 g/mol. The van der Waals surface area contributed by atoms with Crippen molar-refractivity contribution in [3.8, 4) is 5.75 Å². The van der Waals surface area contributed by atoms with Crippen LogP contribution in [0.3, 0.4) is 0 Å². The van der Waals surface area contributed by atoms with Crippen molar-refractivity contribution in [3.05, 3.63) is 24.3 Å². The fourth-order valence-electron chi connectivity index (χ4n) is 2.22. The van der Waals surface area contributed by atoms with Crippen LogP contribution in [-0.4, -0.2) is 45.5 Å². The van der Waals surface area contributed by atoms with Crippen LogP contribution >= 0.6 is 0 Å². The molecule has 0 unspecified atom stereocenters. The molecule has 0 aliphatic carbocycles. The molecule has 1 aliphatic heterocycles. The largest absolute Gasteiger partial charge is 0.482 e. The first-order valence-electron chi connectivity index (χ1n) is 7.59. The summed E-state index contributed by atoms with van der Waals surface area (Å²) in [4.78, 5) is 22.8. The number of carbonyl (C=O) groups is 2. The monoisotopic (exact) mass is 322 g/mol. The van der Waals surface area contributed by atoms with Crippen LogP contribution in [0.25, 0.3) is 0 Å². The van der Waals surface area contributed by atoms with Crippen LogP contribution in [-0.2, 0) is 14.3 Å². The Kier molecular flexibility index (Phi) is 6.68. The van der Waals surface area contributed by atoms with E-state index in [4.69, 9.17) is 9.47 Å². The fraction of sp³-hybridized carbons (Fsp3) is 0.500. The molecule has 2 rings (SSSR count). The predicted octanol–water partition coefficient (Wildman–Crippen LogP) is 1.79. The summed E-state index contributed by atoms with van der Waals surface area (Å²) in [6.45, 7) is 1.97. The third-order valence-corrected chi connectivity index (χ3v) is 3.50. The lowest BCUT2D eigenvalue weighted by Crippen LogP contribution is -2.35. The quantitative estimate of drug-likeness (QED) is 0.780. The molecule has 1 fully saturated rings. The number of methoxy groups -OCH3 is 1. The molecule has 1 aromatic carbocycles. The van der Waals surface area contributed by atoms with Gasteiger partial charge in [-0.3, -0.25) is 0 Å². The lowest BCUT2D eigenvalue weighted by Gasteiger charge is -2.22. The van der Waals surface area contributed by atoms with Gasteiger partial charge in [-0.2, -0.15) is 0 Å². The SMILES string of the molecule is COC(=O)COc1ccc(NC(=O)NC[C@H]2CCCOC2)cc1. The van der Waals surface area contributed by atoms with Gasteiger partial charge in [0.2, 0.25) is 0 Å². The number of anilines is 1. The van der Waals surface area contributed by atoms with E-state index < -0.39 is 5.97 Å². The van der Waals surface area contributed by atoms with Gasteiger partial charge in [0.05, 0.1) is 13.7 Å². The Morgan fingerprint density at radius 3 is 2.74 bits per heavy atom. The van der Waals surface area contributed by atoms with Gasteiger partial charge in [-0.15, -0.1) is 0 Å². The molecule has 2 amide bonds. The van der Waals surface area contributed by atoms with Crippen LogP contribution in [0.4, 0.5) is 10.5 Å². The van der Waals surface area contributed by atoms with Crippen molar-refractivity contribution in [2.24, 2.45) is 5.92 Å². The smallest absolute Gasteiger partial charge is 0.343 e. The van der Waals surface area contributed by atoms with E-state index in [0.717, 1.165) is 19.4 Å². The molecule has 1 atom stereocenters. The van der Waals surface area contributed by atoms with E-state index in [2.05, 4.69) is 15.4 Å². The number of nitrogens with one attached hydrogen (secondary N) is 2. The number of carbonyl (C=O) groups excluding carboxylic acids is 2. The van der Waals surface area contributed by atoms with E-state index in [0.29, 0.717) is 30.5 Å². The van der Waals surface area contributed by atoms with Crippen molar-refractivity contribution in [1.29, 1.82) is 0 Å². The highest BCUT2D eigenvalue weighted by Gasteiger charge is 2.14. The Bertz CT molecular complexity index is 512. The Balaban J connectivity index is 1.71. The number of urea groups is 1. The number of hydrogen-bond acceptors (Lipinski definition) is 5. The molecule has 0 saturated carbocycles. The summed E-state index contributed by atoms with van der Waals surface area (Å²) in [6, 6.07) is 6.51. The fourth-order valence-corrected chi connectivity index (χ4v) is 2.22. The third kappa shape index (κ3) is 6.15. The Morgan fingerprint density at radius 2 is 2.09 bits per heavy atom. The van der Waals surface area contributed by atoms with Gasteiger partial charge in [0, 0.05) is 18.8 Å². The van der Waals surface area contributed by atoms with Gasteiger partial charge in [0.25, 0.3) is 0 Å². The third-order valence-electron chi connectivity index (χ3n) is 3.50. The first-order chi connectivity index (χ1) is 11.2. The topological polar surface area (TPSA) is 85.9 Å². The van der Waals surface area contributed by atoms with E-state index in [-0.39, 0.29) is 12.6 Å². The normalized spacial score (nSPS) is 17.2. The van der Waals surface area contributed by atoms with Crippen LogP contribution in [0.1, 0.15) is 12.8 Å². The Hall–Kier alpha value is -2.28. The molecule has 1 aliphatic rings. The zero-order chi connectivity index (χ0) is 16.5. The number of esters is 1. The van der Waals surface area contributed by atoms with Crippen LogP contribution < -0.4 is 15.4 Å². The standard InChI is InChI=1S/C16H22N2O5/c1-21-15(19)11-23-14-6-4-13(5-7-14)18-16(20)17-9-12-3-2-8-22-10-12/h4-7,12H,2-3,8-11H2,1H3,(H2,17,18,20)/t12-/m1/s1. The summed E-state index contributed by atoms with van der Waals surface area (Å²) >= 11 is 0. The van der Waals surface area contributed by atoms with Crippen molar-refractivity contribution < 1.29 is 23.8 Å². The molecule has 126 valence electrons. The minimum absolute atomic E-state index is 0.146. The molecular formula is C16H22N2O5. The maximum Gasteiger partial charge on any atom is 0.343 e. The van der Waals surface area contributed by atoms with Crippen LogP contribution in [0.15, 0.2) is 24.3 Å². The van der Waals surface area contributed by atoms with Gasteiger partial charge >= 0.3 is 12.0 Å². The van der Waals surface area contributed by atoms with Crippen molar-refractivity contribution in [3.63, 3.8) is 0 Å². The second-order valence-electron chi connectivity index (χ2n) is 5.31. The Labute approximate surface area is 135 Å². The van der Waals surface area contributed by atoms with Crippen LogP contribution in [0, 0.1) is 5.92 Å². The van der Waals surface area contributed by atoms with E-state index in [9.17, 15) is 9.59 Å². The molecule has 23 heavy (non-hydrogen) atoms. The van der Waals surface area contributed by atoms with E-state index in [1.807, 2.05) is 0 Å². The predicted molar refractivity (Wildman–Crippen MR) is 84.5 cm³/mol. The maximum absolute atomic E-state index is 11.8. The van der Waals surface area contributed by atoms with Gasteiger partial charge < -0.3 is 24.8 Å². The van der Waals surface area contributed by atoms with Crippen molar-refractivity contribution in [2.75, 3.05) is 38.8 Å². The van der Waals surface area contributed by atoms with Crippen LogP contribution in [0.5, 0.6) is 5.75 Å². The molecule has 0 spiro atoms. The van der Waals surface area contributed by atoms with E-state index in [1.54, 1.807) is 24.3 Å². The second kappa shape index (κ2) is 8.99. The zero-order valence-corrected chi connectivity index (χ0v) is 13.2. The van der Waals surface area contributed by atoms with Gasteiger partial charge in [0.1, 0.15) is 5.75 Å². The molecule has 1 aromatic rings. The molecule has 7 nitrogen and oxygen atoms in total. The summed E-state index contributed by atoms with van der Waals surface area (Å²) in [7, 11) is 1.30. The van der Waals surface area contributed by atoms with Crippen molar-refractivity contribution in [2.45, 2.75) is 12.8 Å². The minimum atomic E-state index is -0.446. The van der Waals surface area contributed by atoms with Crippen molar-refractivity contribution in [1.82, 2.24) is 5.32 Å². The summed E-state index contributed by atoms with van der Waals surface area (Å²) in [6.07, 6.45) is 2.12. The van der Waals surface area contributed by atoms with Gasteiger partial charge in [0.15, 0.2) is 6.61 Å². The maximum atomic E-state index is 11.8. The van der Waals surface area contributed by atoms with E-state index in [1.165, 1.54) is 7.11 Å².